The molecule has 2 N–H and O–H groups in total. The molecule has 0 unspecified atom stereocenters. The third-order valence-corrected chi connectivity index (χ3v) is 4.46. The van der Waals surface area contributed by atoms with Crippen LogP contribution in [0.15, 0.2) is 48.5 Å². The maximum Gasteiger partial charge on any atom is 0.227 e. The molecule has 1 heterocycles. The van der Waals surface area contributed by atoms with Gasteiger partial charge in [0.2, 0.25) is 5.91 Å². The minimum atomic E-state index is 0.125. The van der Waals surface area contributed by atoms with E-state index in [1.165, 1.54) is 0 Å². The van der Waals surface area contributed by atoms with E-state index in [4.69, 9.17) is 17.0 Å². The van der Waals surface area contributed by atoms with Gasteiger partial charge < -0.3 is 20.3 Å². The first kappa shape index (κ1) is 19.2. The van der Waals surface area contributed by atoms with E-state index in [9.17, 15) is 4.79 Å². The maximum atomic E-state index is 11.9. The van der Waals surface area contributed by atoms with Crippen molar-refractivity contribution in [3.8, 4) is 5.75 Å². The Morgan fingerprint density at radius 2 is 2.04 bits per heavy atom. The van der Waals surface area contributed by atoms with Gasteiger partial charge in [-0.15, -0.1) is 0 Å². The topological polar surface area (TPSA) is 53.6 Å². The summed E-state index contributed by atoms with van der Waals surface area (Å²) in [7, 11) is 0. The maximum absolute atomic E-state index is 11.9. The fourth-order valence-electron chi connectivity index (χ4n) is 3.03. The monoisotopic (exact) mass is 383 g/mol. The zero-order chi connectivity index (χ0) is 19.2. The number of amides is 1. The molecule has 2 aromatic carbocycles. The van der Waals surface area contributed by atoms with E-state index in [1.54, 1.807) is 0 Å². The molecule has 142 valence electrons. The standard InChI is InChI=1S/C21H25N3O2S/c1-15(2)26-19-9-4-7-17(13-19)23-21(27)22-14-16-6-3-8-18(12-16)24-11-5-10-20(24)25/h3-4,6-9,12-13,15H,5,10-11,14H2,1-2H3,(H2,22,23,27). The van der Waals surface area contributed by atoms with Gasteiger partial charge in [-0.1, -0.05) is 18.2 Å². The minimum absolute atomic E-state index is 0.125. The summed E-state index contributed by atoms with van der Waals surface area (Å²) in [6.45, 7) is 5.38. The van der Waals surface area contributed by atoms with Crippen LogP contribution in [-0.4, -0.2) is 23.7 Å². The Kier molecular flexibility index (Phi) is 6.29. The first-order valence-electron chi connectivity index (χ1n) is 9.22. The second-order valence-corrected chi connectivity index (χ2v) is 7.23. The zero-order valence-corrected chi connectivity index (χ0v) is 16.5. The van der Waals surface area contributed by atoms with Gasteiger partial charge >= 0.3 is 0 Å². The number of carbonyl (C=O) groups is 1. The Labute approximate surface area is 165 Å². The molecule has 1 aliphatic heterocycles. The highest BCUT2D eigenvalue weighted by molar-refractivity contribution is 7.80. The number of ether oxygens (including phenoxy) is 1. The van der Waals surface area contributed by atoms with Crippen LogP contribution in [0.3, 0.4) is 0 Å². The second kappa shape index (κ2) is 8.86. The summed E-state index contributed by atoms with van der Waals surface area (Å²) in [6.07, 6.45) is 1.69. The highest BCUT2D eigenvalue weighted by Crippen LogP contribution is 2.22. The molecule has 0 atom stereocenters. The molecule has 3 rings (SSSR count). The quantitative estimate of drug-likeness (QED) is 0.736. The molecule has 0 bridgehead atoms. The van der Waals surface area contributed by atoms with Crippen LogP contribution in [0, 0.1) is 0 Å². The molecule has 6 heteroatoms. The molecule has 1 saturated heterocycles. The van der Waals surface area contributed by atoms with Crippen molar-refractivity contribution in [3.63, 3.8) is 0 Å². The molecule has 0 saturated carbocycles. The summed E-state index contributed by atoms with van der Waals surface area (Å²) in [5.41, 5.74) is 2.91. The second-order valence-electron chi connectivity index (χ2n) is 6.82. The molecule has 0 radical (unpaired) electrons. The van der Waals surface area contributed by atoms with Crippen molar-refractivity contribution in [2.75, 3.05) is 16.8 Å². The molecular formula is C21H25N3O2S. The smallest absolute Gasteiger partial charge is 0.227 e. The molecule has 0 aromatic heterocycles. The van der Waals surface area contributed by atoms with E-state index < -0.39 is 0 Å². The summed E-state index contributed by atoms with van der Waals surface area (Å²) in [4.78, 5) is 13.8. The summed E-state index contributed by atoms with van der Waals surface area (Å²) >= 11 is 5.40. The predicted molar refractivity (Wildman–Crippen MR) is 113 cm³/mol. The van der Waals surface area contributed by atoms with Gasteiger partial charge in [0.25, 0.3) is 0 Å². The van der Waals surface area contributed by atoms with Crippen molar-refractivity contribution in [1.29, 1.82) is 0 Å². The fraction of sp³-hybridized carbons (Fsp3) is 0.333. The van der Waals surface area contributed by atoms with Crippen molar-refractivity contribution in [1.82, 2.24) is 5.32 Å². The Morgan fingerprint density at radius 1 is 1.22 bits per heavy atom. The minimum Gasteiger partial charge on any atom is -0.491 e. The van der Waals surface area contributed by atoms with Crippen LogP contribution in [0.25, 0.3) is 0 Å². The van der Waals surface area contributed by atoms with Gasteiger partial charge in [-0.05, 0) is 62.3 Å². The highest BCUT2D eigenvalue weighted by Gasteiger charge is 2.21. The lowest BCUT2D eigenvalue weighted by Gasteiger charge is -2.17. The van der Waals surface area contributed by atoms with Crippen LogP contribution in [0.1, 0.15) is 32.3 Å². The average molecular weight is 384 g/mol. The SMILES string of the molecule is CC(C)Oc1cccc(NC(=S)NCc2cccc(N3CCCC3=O)c2)c1. The predicted octanol–water partition coefficient (Wildman–Crippen LogP) is 4.09. The molecule has 27 heavy (non-hydrogen) atoms. The molecule has 2 aromatic rings. The first-order chi connectivity index (χ1) is 13.0. The third-order valence-electron chi connectivity index (χ3n) is 4.21. The van der Waals surface area contributed by atoms with Gasteiger partial charge in [0.15, 0.2) is 5.11 Å². The van der Waals surface area contributed by atoms with E-state index in [1.807, 2.05) is 67.3 Å². The van der Waals surface area contributed by atoms with Crippen LogP contribution in [0.2, 0.25) is 0 Å². The number of benzene rings is 2. The van der Waals surface area contributed by atoms with Crippen LogP contribution in [-0.2, 0) is 11.3 Å². The molecule has 0 spiro atoms. The molecule has 1 amide bonds. The van der Waals surface area contributed by atoms with Crippen LogP contribution >= 0.6 is 12.2 Å². The average Bonchev–Trinajstić information content (AvgIpc) is 3.06. The summed E-state index contributed by atoms with van der Waals surface area (Å²) in [5.74, 6) is 1.00. The summed E-state index contributed by atoms with van der Waals surface area (Å²) < 4.78 is 5.70. The number of carbonyl (C=O) groups excluding carboxylic acids is 1. The Morgan fingerprint density at radius 3 is 2.78 bits per heavy atom. The van der Waals surface area contributed by atoms with Crippen LogP contribution < -0.4 is 20.3 Å². The van der Waals surface area contributed by atoms with E-state index in [-0.39, 0.29) is 12.0 Å². The lowest BCUT2D eigenvalue weighted by atomic mass is 10.2. The van der Waals surface area contributed by atoms with Crippen molar-refractivity contribution in [3.05, 3.63) is 54.1 Å². The van der Waals surface area contributed by atoms with Crippen molar-refractivity contribution >= 4 is 34.6 Å². The van der Waals surface area contributed by atoms with E-state index in [0.29, 0.717) is 18.1 Å². The Balaban J connectivity index is 1.56. The third kappa shape index (κ3) is 5.44. The molecular weight excluding hydrogens is 358 g/mol. The summed E-state index contributed by atoms with van der Waals surface area (Å²) in [6, 6.07) is 15.7. The van der Waals surface area contributed by atoms with E-state index in [0.717, 1.165) is 35.7 Å². The van der Waals surface area contributed by atoms with Gasteiger partial charge in [-0.3, -0.25) is 4.79 Å². The van der Waals surface area contributed by atoms with E-state index in [2.05, 4.69) is 10.6 Å². The van der Waals surface area contributed by atoms with Crippen molar-refractivity contribution < 1.29 is 9.53 Å². The van der Waals surface area contributed by atoms with Gasteiger partial charge in [-0.2, -0.15) is 0 Å². The van der Waals surface area contributed by atoms with Gasteiger partial charge in [0.05, 0.1) is 6.10 Å². The van der Waals surface area contributed by atoms with Gasteiger partial charge in [0, 0.05) is 37.0 Å². The first-order valence-corrected chi connectivity index (χ1v) is 9.63. The van der Waals surface area contributed by atoms with Crippen molar-refractivity contribution in [2.24, 2.45) is 0 Å². The highest BCUT2D eigenvalue weighted by atomic mass is 32.1. The van der Waals surface area contributed by atoms with Gasteiger partial charge in [-0.25, -0.2) is 0 Å². The van der Waals surface area contributed by atoms with Gasteiger partial charge in [0.1, 0.15) is 5.75 Å². The largest absolute Gasteiger partial charge is 0.491 e. The van der Waals surface area contributed by atoms with Crippen LogP contribution in [0.5, 0.6) is 5.75 Å². The molecule has 5 nitrogen and oxygen atoms in total. The number of thiocarbonyl (C=S) groups is 1. The normalized spacial score (nSPS) is 13.7. The number of hydrogen-bond donors (Lipinski definition) is 2. The zero-order valence-electron chi connectivity index (χ0n) is 15.7. The summed E-state index contributed by atoms with van der Waals surface area (Å²) in [5, 5.41) is 6.93. The number of nitrogens with zero attached hydrogens (tertiary/aromatic N) is 1. The number of hydrogen-bond acceptors (Lipinski definition) is 3. The Bertz CT molecular complexity index is 823. The molecule has 1 aliphatic rings. The lowest BCUT2D eigenvalue weighted by molar-refractivity contribution is -0.117. The number of rotatable bonds is 6. The van der Waals surface area contributed by atoms with Crippen LogP contribution in [0.4, 0.5) is 11.4 Å². The fourth-order valence-corrected chi connectivity index (χ4v) is 3.22. The van der Waals surface area contributed by atoms with Crippen molar-refractivity contribution in [2.45, 2.75) is 39.3 Å². The lowest BCUT2D eigenvalue weighted by Crippen LogP contribution is -2.28. The number of anilines is 2. The molecule has 1 fully saturated rings. The molecule has 0 aliphatic carbocycles. The Hall–Kier alpha value is -2.60. The number of nitrogens with one attached hydrogen (secondary N) is 2. The van der Waals surface area contributed by atoms with E-state index >= 15 is 0 Å².